The van der Waals surface area contributed by atoms with E-state index in [1.807, 2.05) is 24.3 Å². The summed E-state index contributed by atoms with van der Waals surface area (Å²) < 4.78 is 18.3. The van der Waals surface area contributed by atoms with Crippen molar-refractivity contribution in [2.24, 2.45) is 16.7 Å². The number of ether oxygens (including phenoxy) is 3. The second kappa shape index (κ2) is 8.01. The fourth-order valence-electron chi connectivity index (χ4n) is 5.79. The number of hydrogen-bond donors (Lipinski definition) is 0. The van der Waals surface area contributed by atoms with Gasteiger partial charge in [0.15, 0.2) is 11.6 Å². The first-order valence-corrected chi connectivity index (χ1v) is 11.4. The van der Waals surface area contributed by atoms with Crippen LogP contribution in [-0.2, 0) is 30.2 Å². The molecule has 4 rings (SSSR count). The van der Waals surface area contributed by atoms with Crippen molar-refractivity contribution < 1.29 is 23.8 Å². The van der Waals surface area contributed by atoms with Crippen molar-refractivity contribution >= 4 is 27.7 Å². The number of benzene rings is 1. The predicted octanol–water partition coefficient (Wildman–Crippen LogP) is 3.22. The van der Waals surface area contributed by atoms with E-state index in [1.54, 1.807) is 0 Å². The lowest BCUT2D eigenvalue weighted by atomic mass is 9.54. The number of carbonyl (C=O) groups excluding carboxylic acids is 2. The van der Waals surface area contributed by atoms with Gasteiger partial charge in [-0.2, -0.15) is 0 Å². The van der Waals surface area contributed by atoms with Crippen molar-refractivity contribution in [3.05, 3.63) is 34.3 Å². The molecule has 1 aromatic rings. The highest BCUT2D eigenvalue weighted by atomic mass is 79.9. The average Bonchev–Trinajstić information content (AvgIpc) is 3.12. The van der Waals surface area contributed by atoms with Gasteiger partial charge in [0.1, 0.15) is 5.41 Å². The number of ketones is 1. The highest BCUT2D eigenvalue weighted by molar-refractivity contribution is 9.10. The van der Waals surface area contributed by atoms with Gasteiger partial charge < -0.3 is 19.1 Å². The number of hydrogen-bond acceptors (Lipinski definition) is 6. The monoisotopic (exact) mass is 479 g/mol. The molecule has 3 aliphatic rings. The van der Waals surface area contributed by atoms with E-state index >= 15 is 0 Å². The third kappa shape index (κ3) is 3.74. The summed E-state index contributed by atoms with van der Waals surface area (Å²) in [5, 5.41) is 0. The van der Waals surface area contributed by atoms with Crippen LogP contribution in [0.3, 0.4) is 0 Å². The van der Waals surface area contributed by atoms with Gasteiger partial charge in [0.25, 0.3) is 0 Å². The molecule has 2 saturated heterocycles. The van der Waals surface area contributed by atoms with E-state index in [1.165, 1.54) is 7.11 Å². The van der Waals surface area contributed by atoms with E-state index in [0.29, 0.717) is 45.1 Å². The standard InChI is InChI=1S/C23H30BrNO5/c1-16(2)11-25-14-21(10-17-4-6-18(24)7-5-17)12-23(29-8-9-30-23)13-22(15-25,19(21)26)20(27)28-3/h4-7,16H,8-15H2,1-3H3. The summed E-state index contributed by atoms with van der Waals surface area (Å²) in [5.74, 6) is -0.971. The van der Waals surface area contributed by atoms with Crippen LogP contribution >= 0.6 is 15.9 Å². The quantitative estimate of drug-likeness (QED) is 0.477. The number of nitrogens with zero attached hydrogens (tertiary/aromatic N) is 1. The van der Waals surface area contributed by atoms with Gasteiger partial charge >= 0.3 is 5.97 Å². The van der Waals surface area contributed by atoms with Crippen LogP contribution < -0.4 is 0 Å². The van der Waals surface area contributed by atoms with Crippen LogP contribution in [0.1, 0.15) is 32.3 Å². The second-order valence-electron chi connectivity index (χ2n) is 9.51. The van der Waals surface area contributed by atoms with Crippen molar-refractivity contribution in [3.63, 3.8) is 0 Å². The van der Waals surface area contributed by atoms with Crippen molar-refractivity contribution in [1.29, 1.82) is 0 Å². The third-order valence-electron chi connectivity index (χ3n) is 6.58. The summed E-state index contributed by atoms with van der Waals surface area (Å²) >= 11 is 3.48. The zero-order valence-electron chi connectivity index (χ0n) is 17.9. The summed E-state index contributed by atoms with van der Waals surface area (Å²) in [7, 11) is 1.36. The van der Waals surface area contributed by atoms with Crippen LogP contribution in [0.15, 0.2) is 28.7 Å². The molecule has 1 aliphatic carbocycles. The van der Waals surface area contributed by atoms with Crippen molar-refractivity contribution in [3.8, 4) is 0 Å². The van der Waals surface area contributed by atoms with E-state index in [-0.39, 0.29) is 12.2 Å². The third-order valence-corrected chi connectivity index (χ3v) is 7.11. The van der Waals surface area contributed by atoms with Crippen LogP contribution in [0.5, 0.6) is 0 Å². The van der Waals surface area contributed by atoms with Crippen LogP contribution in [0.4, 0.5) is 0 Å². The van der Waals surface area contributed by atoms with Gasteiger partial charge in [-0.1, -0.05) is 41.9 Å². The highest BCUT2D eigenvalue weighted by Gasteiger charge is 2.69. The minimum Gasteiger partial charge on any atom is -0.468 e. The Bertz CT molecular complexity index is 819. The number of Topliss-reactive ketones (excluding diaryl/α,β-unsaturated/α-hetero) is 1. The number of piperidine rings is 1. The minimum absolute atomic E-state index is 0.0190. The second-order valence-corrected chi connectivity index (χ2v) is 10.4. The SMILES string of the molecule is COC(=O)C12CN(CC(C)C)CC(Cc3ccc(Br)cc3)(CC3(C1)OCCO3)C2=O. The van der Waals surface area contributed by atoms with E-state index < -0.39 is 22.6 Å². The Balaban J connectivity index is 1.80. The van der Waals surface area contributed by atoms with Crippen LogP contribution in [0, 0.1) is 16.7 Å². The molecule has 2 heterocycles. The predicted molar refractivity (Wildman–Crippen MR) is 115 cm³/mol. The molecule has 1 spiro atoms. The molecular formula is C23H30BrNO5. The Labute approximate surface area is 186 Å². The molecule has 6 nitrogen and oxygen atoms in total. The Morgan fingerprint density at radius 3 is 2.43 bits per heavy atom. The van der Waals surface area contributed by atoms with Gasteiger partial charge in [-0.05, 0) is 30.0 Å². The molecule has 3 fully saturated rings. The molecule has 2 atom stereocenters. The van der Waals surface area contributed by atoms with Crippen molar-refractivity contribution in [1.82, 2.24) is 4.90 Å². The lowest BCUT2D eigenvalue weighted by Crippen LogP contribution is -2.70. The van der Waals surface area contributed by atoms with E-state index in [2.05, 4.69) is 34.7 Å². The van der Waals surface area contributed by atoms with Crippen LogP contribution in [0.25, 0.3) is 0 Å². The van der Waals surface area contributed by atoms with Gasteiger partial charge in [-0.3, -0.25) is 9.59 Å². The maximum absolute atomic E-state index is 14.0. The molecule has 2 unspecified atom stereocenters. The zero-order chi connectivity index (χ0) is 21.6. The number of fused-ring (bicyclic) bond motifs is 2. The number of rotatable bonds is 5. The van der Waals surface area contributed by atoms with Crippen LogP contribution in [0.2, 0.25) is 0 Å². The largest absolute Gasteiger partial charge is 0.468 e. The number of halogens is 1. The van der Waals surface area contributed by atoms with Gasteiger partial charge in [0.05, 0.1) is 25.7 Å². The van der Waals surface area contributed by atoms with Crippen molar-refractivity contribution in [2.75, 3.05) is 40.0 Å². The molecule has 7 heteroatoms. The van der Waals surface area contributed by atoms with Gasteiger partial charge in [0.2, 0.25) is 0 Å². The summed E-state index contributed by atoms with van der Waals surface area (Å²) in [5.41, 5.74) is -0.968. The molecule has 0 radical (unpaired) electrons. The van der Waals surface area contributed by atoms with Crippen molar-refractivity contribution in [2.45, 2.75) is 38.9 Å². The lowest BCUT2D eigenvalue weighted by Gasteiger charge is -2.57. The first-order chi connectivity index (χ1) is 14.2. The molecule has 2 bridgehead atoms. The summed E-state index contributed by atoms with van der Waals surface area (Å²) in [6.07, 6.45) is 1.23. The molecule has 0 amide bonds. The van der Waals surface area contributed by atoms with E-state index in [0.717, 1.165) is 16.6 Å². The van der Waals surface area contributed by atoms with Gasteiger partial charge in [-0.15, -0.1) is 0 Å². The maximum atomic E-state index is 14.0. The highest BCUT2D eigenvalue weighted by Crippen LogP contribution is 2.56. The van der Waals surface area contributed by atoms with Gasteiger partial charge in [0, 0.05) is 36.9 Å². The number of esters is 1. The molecule has 164 valence electrons. The molecule has 1 saturated carbocycles. The Hall–Kier alpha value is -1.28. The fraction of sp³-hybridized carbons (Fsp3) is 0.652. The normalized spacial score (nSPS) is 30.8. The molecule has 0 aromatic heterocycles. The molecule has 0 N–H and O–H groups in total. The first kappa shape index (κ1) is 21.9. The first-order valence-electron chi connectivity index (χ1n) is 10.6. The summed E-state index contributed by atoms with van der Waals surface area (Å²) in [6, 6.07) is 8.04. The topological polar surface area (TPSA) is 65.1 Å². The van der Waals surface area contributed by atoms with Gasteiger partial charge in [-0.25, -0.2) is 0 Å². The Morgan fingerprint density at radius 1 is 1.17 bits per heavy atom. The number of methoxy groups -OCH3 is 1. The molecular weight excluding hydrogens is 450 g/mol. The average molecular weight is 480 g/mol. The minimum atomic E-state index is -1.26. The molecule has 30 heavy (non-hydrogen) atoms. The Morgan fingerprint density at radius 2 is 1.83 bits per heavy atom. The Kier molecular flexibility index (Phi) is 5.85. The fourth-order valence-corrected chi connectivity index (χ4v) is 6.05. The zero-order valence-corrected chi connectivity index (χ0v) is 19.5. The van der Waals surface area contributed by atoms with Crippen LogP contribution in [-0.4, -0.2) is 62.4 Å². The number of likely N-dealkylation sites (tertiary alicyclic amines) is 1. The molecule has 2 aliphatic heterocycles. The maximum Gasteiger partial charge on any atom is 0.320 e. The van der Waals surface area contributed by atoms with E-state index in [4.69, 9.17) is 14.2 Å². The number of carbonyl (C=O) groups is 2. The van der Waals surface area contributed by atoms with E-state index in [9.17, 15) is 9.59 Å². The molecule has 1 aromatic carbocycles. The lowest BCUT2D eigenvalue weighted by molar-refractivity contribution is -0.241. The smallest absolute Gasteiger partial charge is 0.320 e. The summed E-state index contributed by atoms with van der Waals surface area (Å²) in [6.45, 7) is 7.04. The summed E-state index contributed by atoms with van der Waals surface area (Å²) in [4.78, 5) is 29.4.